The van der Waals surface area contributed by atoms with Crippen LogP contribution in [0.5, 0.6) is 0 Å². The number of nitrogens with one attached hydrogen (secondary N) is 1. The summed E-state index contributed by atoms with van der Waals surface area (Å²) in [6, 6.07) is 25.8. The van der Waals surface area contributed by atoms with Crippen molar-refractivity contribution in [3.8, 4) is 0 Å². The number of nitro benzene ring substituents is 1. The first-order valence-electron chi connectivity index (χ1n) is 11.5. The smallest absolute Gasteiger partial charge is 0.284 e. The zero-order chi connectivity index (χ0) is 24.1. The number of rotatable bonds is 7. The number of likely N-dealkylation sites (tertiary alicyclic amines) is 1. The molecule has 34 heavy (non-hydrogen) atoms. The van der Waals surface area contributed by atoms with Gasteiger partial charge in [0.05, 0.1) is 11.0 Å². The van der Waals surface area contributed by atoms with Gasteiger partial charge in [0, 0.05) is 45.0 Å². The van der Waals surface area contributed by atoms with Crippen molar-refractivity contribution in [1.29, 1.82) is 0 Å². The van der Waals surface area contributed by atoms with Crippen molar-refractivity contribution in [2.24, 2.45) is 0 Å². The van der Waals surface area contributed by atoms with Gasteiger partial charge < -0.3 is 10.2 Å². The number of amides is 1. The third-order valence-electron chi connectivity index (χ3n) is 6.40. The number of carbonyl (C=O) groups is 1. The summed E-state index contributed by atoms with van der Waals surface area (Å²) in [5.74, 6) is -0.391. The molecule has 0 radical (unpaired) electrons. The Kier molecular flexibility index (Phi) is 7.23. The Bertz CT molecular complexity index is 1090. The summed E-state index contributed by atoms with van der Waals surface area (Å²) in [7, 11) is 3.62. The van der Waals surface area contributed by atoms with Crippen LogP contribution >= 0.6 is 0 Å². The number of hydrogen-bond acceptors (Lipinski definition) is 5. The molecular weight excluding hydrogens is 428 g/mol. The van der Waals surface area contributed by atoms with Crippen molar-refractivity contribution < 1.29 is 9.72 Å². The Balaban J connectivity index is 1.45. The number of piperidine rings is 1. The molecule has 0 bridgehead atoms. The summed E-state index contributed by atoms with van der Waals surface area (Å²) in [6.07, 6.45) is 1.57. The van der Waals surface area contributed by atoms with Crippen LogP contribution in [0.1, 0.15) is 40.4 Å². The Morgan fingerprint density at radius 3 is 2.03 bits per heavy atom. The van der Waals surface area contributed by atoms with E-state index in [2.05, 4.69) is 58.7 Å². The minimum atomic E-state index is -0.491. The number of nitrogens with zero attached hydrogens (tertiary/aromatic N) is 3. The fourth-order valence-electron chi connectivity index (χ4n) is 4.59. The molecule has 0 spiro atoms. The standard InChI is InChI=1S/C27H30N4O3/c1-29(2)23-13-14-24(25(19-23)31(33)34)27(32)28-22-15-17-30(18-16-22)26(20-9-5-3-6-10-20)21-11-7-4-8-12-21/h3-14,19,22,26H,15-18H2,1-2H3,(H,28,32). The van der Waals surface area contributed by atoms with Crippen LogP contribution in [0.3, 0.4) is 0 Å². The molecule has 0 unspecified atom stereocenters. The molecule has 0 aromatic heterocycles. The molecule has 1 N–H and O–H groups in total. The molecule has 0 aliphatic carbocycles. The molecule has 1 aliphatic heterocycles. The van der Waals surface area contributed by atoms with Crippen LogP contribution in [-0.4, -0.2) is 49.0 Å². The average molecular weight is 459 g/mol. The zero-order valence-corrected chi connectivity index (χ0v) is 19.6. The summed E-state index contributed by atoms with van der Waals surface area (Å²) in [5.41, 5.74) is 3.10. The van der Waals surface area contributed by atoms with Gasteiger partial charge in [0.25, 0.3) is 11.6 Å². The fraction of sp³-hybridized carbons (Fsp3) is 0.296. The van der Waals surface area contributed by atoms with Gasteiger partial charge >= 0.3 is 0 Å². The van der Waals surface area contributed by atoms with Crippen LogP contribution in [0.15, 0.2) is 78.9 Å². The second kappa shape index (κ2) is 10.5. The third-order valence-corrected chi connectivity index (χ3v) is 6.40. The molecule has 1 saturated heterocycles. The Morgan fingerprint density at radius 2 is 1.53 bits per heavy atom. The molecule has 176 valence electrons. The minimum Gasteiger partial charge on any atom is -0.377 e. The van der Waals surface area contributed by atoms with Crippen LogP contribution in [0.2, 0.25) is 0 Å². The van der Waals surface area contributed by atoms with Gasteiger partial charge in [0.15, 0.2) is 0 Å². The maximum atomic E-state index is 12.9. The predicted molar refractivity (Wildman–Crippen MR) is 134 cm³/mol. The van der Waals surface area contributed by atoms with E-state index in [1.165, 1.54) is 17.2 Å². The van der Waals surface area contributed by atoms with Crippen molar-refractivity contribution in [2.45, 2.75) is 24.9 Å². The first-order valence-corrected chi connectivity index (χ1v) is 11.5. The van der Waals surface area contributed by atoms with Crippen molar-refractivity contribution in [3.63, 3.8) is 0 Å². The molecule has 1 aliphatic rings. The summed E-state index contributed by atoms with van der Waals surface area (Å²) in [5, 5.41) is 14.6. The van der Waals surface area contributed by atoms with E-state index in [4.69, 9.17) is 0 Å². The molecule has 1 heterocycles. The quantitative estimate of drug-likeness (QED) is 0.412. The van der Waals surface area contributed by atoms with E-state index in [9.17, 15) is 14.9 Å². The van der Waals surface area contributed by atoms with E-state index >= 15 is 0 Å². The number of anilines is 1. The number of carbonyl (C=O) groups excluding carboxylic acids is 1. The van der Waals surface area contributed by atoms with Gasteiger partial charge in [-0.1, -0.05) is 60.7 Å². The van der Waals surface area contributed by atoms with E-state index in [-0.39, 0.29) is 23.3 Å². The molecule has 7 nitrogen and oxygen atoms in total. The van der Waals surface area contributed by atoms with Crippen LogP contribution < -0.4 is 10.2 Å². The van der Waals surface area contributed by atoms with Crippen LogP contribution in [0.4, 0.5) is 11.4 Å². The average Bonchev–Trinajstić information content (AvgIpc) is 2.86. The first kappa shape index (κ1) is 23.4. The highest BCUT2D eigenvalue weighted by Crippen LogP contribution is 2.31. The molecule has 3 aromatic carbocycles. The van der Waals surface area contributed by atoms with Crippen LogP contribution in [0, 0.1) is 10.1 Å². The van der Waals surface area contributed by atoms with Crippen LogP contribution in [0.25, 0.3) is 0 Å². The van der Waals surface area contributed by atoms with Crippen molar-refractivity contribution in [3.05, 3.63) is 106 Å². The van der Waals surface area contributed by atoms with Gasteiger partial charge in [-0.2, -0.15) is 0 Å². The Morgan fingerprint density at radius 1 is 0.971 bits per heavy atom. The molecule has 1 amide bonds. The maximum Gasteiger partial charge on any atom is 0.284 e. The predicted octanol–water partition coefficient (Wildman–Crippen LogP) is 4.64. The van der Waals surface area contributed by atoms with E-state index in [0.29, 0.717) is 5.69 Å². The molecule has 0 saturated carbocycles. The topological polar surface area (TPSA) is 78.7 Å². The second-order valence-electron chi connectivity index (χ2n) is 8.86. The van der Waals surface area contributed by atoms with E-state index in [1.54, 1.807) is 17.0 Å². The highest BCUT2D eigenvalue weighted by atomic mass is 16.6. The largest absolute Gasteiger partial charge is 0.377 e. The van der Waals surface area contributed by atoms with Gasteiger partial charge in [-0.25, -0.2) is 0 Å². The summed E-state index contributed by atoms with van der Waals surface area (Å²) < 4.78 is 0. The monoisotopic (exact) mass is 458 g/mol. The van der Waals surface area contributed by atoms with E-state index in [1.807, 2.05) is 26.2 Å². The van der Waals surface area contributed by atoms with Gasteiger partial charge in [0.1, 0.15) is 5.56 Å². The summed E-state index contributed by atoms with van der Waals surface area (Å²) in [4.78, 5) is 28.2. The number of benzene rings is 3. The molecule has 4 rings (SSSR count). The SMILES string of the molecule is CN(C)c1ccc(C(=O)NC2CCN(C(c3ccccc3)c3ccccc3)CC2)c([N+](=O)[O-])c1. The highest BCUT2D eigenvalue weighted by molar-refractivity contribution is 5.98. The van der Waals surface area contributed by atoms with Crippen molar-refractivity contribution in [2.75, 3.05) is 32.1 Å². The third kappa shape index (κ3) is 5.26. The maximum absolute atomic E-state index is 12.9. The van der Waals surface area contributed by atoms with Crippen LogP contribution in [-0.2, 0) is 0 Å². The normalized spacial score (nSPS) is 14.7. The fourth-order valence-corrected chi connectivity index (χ4v) is 4.59. The van der Waals surface area contributed by atoms with Gasteiger partial charge in [0.2, 0.25) is 0 Å². The van der Waals surface area contributed by atoms with Gasteiger partial charge in [-0.15, -0.1) is 0 Å². The molecule has 3 aromatic rings. The molecular formula is C27H30N4O3. The van der Waals surface area contributed by atoms with Gasteiger partial charge in [-0.05, 0) is 36.1 Å². The van der Waals surface area contributed by atoms with Crippen molar-refractivity contribution in [1.82, 2.24) is 10.2 Å². The lowest BCUT2D eigenvalue weighted by molar-refractivity contribution is -0.385. The van der Waals surface area contributed by atoms with Crippen molar-refractivity contribution >= 4 is 17.3 Å². The molecule has 0 atom stereocenters. The zero-order valence-electron chi connectivity index (χ0n) is 19.6. The lowest BCUT2D eigenvalue weighted by Gasteiger charge is -2.38. The van der Waals surface area contributed by atoms with E-state index in [0.717, 1.165) is 25.9 Å². The van der Waals surface area contributed by atoms with Gasteiger partial charge in [-0.3, -0.25) is 19.8 Å². The lowest BCUT2D eigenvalue weighted by atomic mass is 9.94. The Hall–Kier alpha value is -3.71. The second-order valence-corrected chi connectivity index (χ2v) is 8.86. The summed E-state index contributed by atoms with van der Waals surface area (Å²) in [6.45, 7) is 1.64. The number of hydrogen-bond donors (Lipinski definition) is 1. The minimum absolute atomic E-state index is 0.0240. The highest BCUT2D eigenvalue weighted by Gasteiger charge is 2.29. The Labute approximate surface area is 200 Å². The lowest BCUT2D eigenvalue weighted by Crippen LogP contribution is -2.46. The molecule has 1 fully saturated rings. The summed E-state index contributed by atoms with van der Waals surface area (Å²) >= 11 is 0. The first-order chi connectivity index (χ1) is 16.4. The van der Waals surface area contributed by atoms with E-state index < -0.39 is 10.8 Å². The number of nitro groups is 1. The molecule has 7 heteroatoms.